The molecule has 0 bridgehead atoms. The van der Waals surface area contributed by atoms with E-state index < -0.39 is 24.3 Å². The van der Waals surface area contributed by atoms with Crippen molar-refractivity contribution in [3.63, 3.8) is 0 Å². The molecule has 1 aliphatic rings. The van der Waals surface area contributed by atoms with Gasteiger partial charge in [-0.05, 0) is 6.42 Å². The Labute approximate surface area is 88.4 Å². The van der Waals surface area contributed by atoms with Gasteiger partial charge in [0.2, 0.25) is 0 Å². The molecule has 1 heterocycles. The average molecular weight is 216 g/mol. The van der Waals surface area contributed by atoms with Crippen LogP contribution in [0.1, 0.15) is 26.2 Å². The van der Waals surface area contributed by atoms with Crippen molar-refractivity contribution in [1.82, 2.24) is 0 Å². The van der Waals surface area contributed by atoms with Crippen molar-refractivity contribution >= 4 is 11.8 Å². The van der Waals surface area contributed by atoms with E-state index >= 15 is 0 Å². The summed E-state index contributed by atoms with van der Waals surface area (Å²) in [6, 6.07) is 0. The van der Waals surface area contributed by atoms with Crippen LogP contribution >= 0.6 is 0 Å². The van der Waals surface area contributed by atoms with Gasteiger partial charge < -0.3 is 14.6 Å². The number of carbonyl (C=O) groups excluding carboxylic acids is 2. The summed E-state index contributed by atoms with van der Waals surface area (Å²) in [5, 5.41) is 9.66. The highest BCUT2D eigenvalue weighted by Crippen LogP contribution is 2.21. The summed E-state index contributed by atoms with van der Waals surface area (Å²) in [6.45, 7) is 1.65. The largest absolute Gasteiger partial charge is 0.456 e. The SMILES string of the molecule is CCC(=O)[C@H](O)[C@H]1OC(=O)CC[C@@H]1OC. The first-order chi connectivity index (χ1) is 7.10. The van der Waals surface area contributed by atoms with Crippen LogP contribution in [0.15, 0.2) is 0 Å². The molecule has 1 N–H and O–H groups in total. The van der Waals surface area contributed by atoms with E-state index in [1.807, 2.05) is 0 Å². The van der Waals surface area contributed by atoms with Crippen molar-refractivity contribution in [2.75, 3.05) is 7.11 Å². The predicted molar refractivity (Wildman–Crippen MR) is 51.2 cm³/mol. The molecule has 0 aromatic heterocycles. The van der Waals surface area contributed by atoms with Gasteiger partial charge in [-0.25, -0.2) is 0 Å². The van der Waals surface area contributed by atoms with Gasteiger partial charge in [-0.1, -0.05) is 6.92 Å². The quantitative estimate of drug-likeness (QED) is 0.672. The molecule has 1 aliphatic heterocycles. The van der Waals surface area contributed by atoms with Crippen molar-refractivity contribution in [2.45, 2.75) is 44.5 Å². The number of aliphatic hydroxyl groups excluding tert-OH is 1. The zero-order valence-corrected chi connectivity index (χ0v) is 8.93. The molecule has 5 nitrogen and oxygen atoms in total. The summed E-state index contributed by atoms with van der Waals surface area (Å²) in [7, 11) is 1.47. The predicted octanol–water partition coefficient (Wildman–Crippen LogP) is 0.0470. The molecule has 3 atom stereocenters. The van der Waals surface area contributed by atoms with E-state index in [1.165, 1.54) is 7.11 Å². The molecule has 0 saturated carbocycles. The standard InChI is InChI=1S/C10H16O5/c1-3-6(11)9(13)10-7(14-2)4-5-8(12)15-10/h7,9-10,13H,3-5H2,1-2H3/t7-,9-,10-/m0/s1. The highest BCUT2D eigenvalue weighted by atomic mass is 16.6. The zero-order valence-electron chi connectivity index (χ0n) is 8.93. The summed E-state index contributed by atoms with van der Waals surface area (Å²) < 4.78 is 10.0. The van der Waals surface area contributed by atoms with Crippen LogP contribution in [0.2, 0.25) is 0 Å². The minimum atomic E-state index is -1.27. The van der Waals surface area contributed by atoms with Crippen molar-refractivity contribution in [3.8, 4) is 0 Å². The molecule has 5 heteroatoms. The Morgan fingerprint density at radius 3 is 2.93 bits per heavy atom. The second-order valence-corrected chi connectivity index (χ2v) is 3.53. The van der Waals surface area contributed by atoms with Crippen LogP contribution in [0.25, 0.3) is 0 Å². The molecule has 1 saturated heterocycles. The Balaban J connectivity index is 2.70. The average Bonchev–Trinajstić information content (AvgIpc) is 2.27. The summed E-state index contributed by atoms with van der Waals surface area (Å²) in [4.78, 5) is 22.3. The number of methoxy groups -OCH3 is 1. The number of cyclic esters (lactones) is 1. The number of esters is 1. The fourth-order valence-corrected chi connectivity index (χ4v) is 1.62. The molecule has 0 spiro atoms. The molecular formula is C10H16O5. The lowest BCUT2D eigenvalue weighted by Gasteiger charge is -2.32. The number of carbonyl (C=O) groups is 2. The molecular weight excluding hydrogens is 200 g/mol. The fraction of sp³-hybridized carbons (Fsp3) is 0.800. The molecule has 0 aromatic carbocycles. The topological polar surface area (TPSA) is 72.8 Å². The lowest BCUT2D eigenvalue weighted by atomic mass is 9.97. The van der Waals surface area contributed by atoms with Gasteiger partial charge in [-0.2, -0.15) is 0 Å². The molecule has 1 fully saturated rings. The van der Waals surface area contributed by atoms with E-state index in [0.29, 0.717) is 6.42 Å². The van der Waals surface area contributed by atoms with Crippen LogP contribution in [-0.2, 0) is 19.1 Å². The van der Waals surface area contributed by atoms with E-state index in [4.69, 9.17) is 9.47 Å². The van der Waals surface area contributed by atoms with Gasteiger partial charge in [0.1, 0.15) is 0 Å². The summed E-state index contributed by atoms with van der Waals surface area (Å²) >= 11 is 0. The molecule has 0 aromatic rings. The summed E-state index contributed by atoms with van der Waals surface area (Å²) in [5.41, 5.74) is 0. The van der Waals surface area contributed by atoms with Crippen LogP contribution < -0.4 is 0 Å². The minimum Gasteiger partial charge on any atom is -0.456 e. The van der Waals surface area contributed by atoms with Crippen LogP contribution in [0, 0.1) is 0 Å². The third-order valence-electron chi connectivity index (χ3n) is 2.56. The van der Waals surface area contributed by atoms with E-state index in [0.717, 1.165) is 0 Å². The smallest absolute Gasteiger partial charge is 0.306 e. The van der Waals surface area contributed by atoms with Crippen LogP contribution in [-0.4, -0.2) is 42.3 Å². The molecule has 1 rings (SSSR count). The maximum atomic E-state index is 11.3. The van der Waals surface area contributed by atoms with Crippen molar-refractivity contribution in [3.05, 3.63) is 0 Å². The first-order valence-electron chi connectivity index (χ1n) is 5.03. The molecule has 0 unspecified atom stereocenters. The number of Topliss-reactive ketones (excluding diaryl/α,β-unsaturated/α-hetero) is 1. The molecule has 86 valence electrons. The number of ketones is 1. The second kappa shape index (κ2) is 5.23. The van der Waals surface area contributed by atoms with Gasteiger partial charge in [0.25, 0.3) is 0 Å². The van der Waals surface area contributed by atoms with Crippen molar-refractivity contribution < 1.29 is 24.2 Å². The first-order valence-corrected chi connectivity index (χ1v) is 5.03. The number of ether oxygens (including phenoxy) is 2. The summed E-state index contributed by atoms with van der Waals surface area (Å²) in [5.74, 6) is -0.729. The van der Waals surface area contributed by atoms with Crippen molar-refractivity contribution in [2.24, 2.45) is 0 Å². The zero-order chi connectivity index (χ0) is 11.4. The first kappa shape index (κ1) is 12.1. The molecule has 0 radical (unpaired) electrons. The van der Waals surface area contributed by atoms with E-state index in [2.05, 4.69) is 0 Å². The van der Waals surface area contributed by atoms with Gasteiger partial charge in [-0.15, -0.1) is 0 Å². The monoisotopic (exact) mass is 216 g/mol. The minimum absolute atomic E-state index is 0.214. The Hall–Kier alpha value is -0.940. The second-order valence-electron chi connectivity index (χ2n) is 3.53. The van der Waals surface area contributed by atoms with Crippen LogP contribution in [0.4, 0.5) is 0 Å². The fourth-order valence-electron chi connectivity index (χ4n) is 1.62. The Bertz CT molecular complexity index is 250. The maximum absolute atomic E-state index is 11.3. The number of rotatable bonds is 4. The lowest BCUT2D eigenvalue weighted by Crippen LogP contribution is -2.48. The molecule has 15 heavy (non-hydrogen) atoms. The molecule has 0 amide bonds. The van der Waals surface area contributed by atoms with Gasteiger partial charge in [0.15, 0.2) is 18.0 Å². The lowest BCUT2D eigenvalue weighted by molar-refractivity contribution is -0.180. The third-order valence-corrected chi connectivity index (χ3v) is 2.56. The van der Waals surface area contributed by atoms with Crippen LogP contribution in [0.5, 0.6) is 0 Å². The Kier molecular flexibility index (Phi) is 4.23. The highest BCUT2D eigenvalue weighted by molar-refractivity contribution is 5.84. The maximum Gasteiger partial charge on any atom is 0.306 e. The number of hydrogen-bond acceptors (Lipinski definition) is 5. The summed E-state index contributed by atoms with van der Waals surface area (Å²) in [6.07, 6.45) is -1.57. The van der Waals surface area contributed by atoms with Gasteiger partial charge in [-0.3, -0.25) is 9.59 Å². The Morgan fingerprint density at radius 1 is 1.73 bits per heavy atom. The van der Waals surface area contributed by atoms with Crippen molar-refractivity contribution in [1.29, 1.82) is 0 Å². The number of hydrogen-bond donors (Lipinski definition) is 1. The normalized spacial score (nSPS) is 28.3. The number of aliphatic hydroxyl groups is 1. The Morgan fingerprint density at radius 2 is 2.40 bits per heavy atom. The van der Waals surface area contributed by atoms with E-state index in [-0.39, 0.29) is 18.6 Å². The van der Waals surface area contributed by atoms with Crippen LogP contribution in [0.3, 0.4) is 0 Å². The van der Waals surface area contributed by atoms with Gasteiger partial charge in [0.05, 0.1) is 6.10 Å². The van der Waals surface area contributed by atoms with Gasteiger partial charge >= 0.3 is 5.97 Å². The van der Waals surface area contributed by atoms with Gasteiger partial charge in [0, 0.05) is 20.0 Å². The van der Waals surface area contributed by atoms with E-state index in [9.17, 15) is 14.7 Å². The highest BCUT2D eigenvalue weighted by Gasteiger charge is 2.38. The third kappa shape index (κ3) is 2.76. The van der Waals surface area contributed by atoms with E-state index in [1.54, 1.807) is 6.92 Å². The molecule has 0 aliphatic carbocycles.